The summed E-state index contributed by atoms with van der Waals surface area (Å²) in [6.45, 7) is 8.37. The zero-order valence-corrected chi connectivity index (χ0v) is 33.4. The first-order chi connectivity index (χ1) is 26.4. The van der Waals surface area contributed by atoms with E-state index in [1.807, 2.05) is 26.8 Å². The summed E-state index contributed by atoms with van der Waals surface area (Å²) in [6, 6.07) is 13.7. The summed E-state index contributed by atoms with van der Waals surface area (Å²) in [5.41, 5.74) is 4.14. The molecule has 2 saturated carbocycles. The minimum absolute atomic E-state index is 0.0901. The van der Waals surface area contributed by atoms with Crippen molar-refractivity contribution in [1.82, 2.24) is 14.9 Å². The third kappa shape index (κ3) is 6.47. The Hall–Kier alpha value is -4.06. The van der Waals surface area contributed by atoms with Gasteiger partial charge in [0.15, 0.2) is 0 Å². The molecule has 4 aromatic rings. The van der Waals surface area contributed by atoms with Gasteiger partial charge in [-0.25, -0.2) is 9.78 Å². The standard InChI is InChI=1S/C44H50F3N3O5S/c1-26-19-37(50(25-26)40(51)54-41(2,3)4)39-48-35-13-9-27(20-36(35)49-39)28-10-11-29(32-22-42(21-31(28)32)15-5-6-16-42)30-12-14-38(55-56(52,53)44(45,46)47)34-24-43(23-33(30)34)17-7-8-18-43/h9-14,20,26,37H,5-8,15-19,21-25H2,1-4H3,(H,48,49)/t26-,37-/m0/s1. The number of aromatic amines is 1. The van der Waals surface area contributed by atoms with E-state index in [1.165, 1.54) is 30.0 Å². The quantitative estimate of drug-likeness (QED) is 0.160. The largest absolute Gasteiger partial charge is 0.534 e. The number of hydrogen-bond acceptors (Lipinski definition) is 6. The van der Waals surface area contributed by atoms with Gasteiger partial charge >= 0.3 is 21.7 Å². The smallest absolute Gasteiger partial charge is 0.444 e. The zero-order valence-electron chi connectivity index (χ0n) is 32.6. The average molecular weight is 790 g/mol. The van der Waals surface area contributed by atoms with E-state index in [0.717, 1.165) is 102 Å². The Morgan fingerprint density at radius 3 is 1.98 bits per heavy atom. The average Bonchev–Trinajstić information content (AvgIpc) is 3.97. The van der Waals surface area contributed by atoms with E-state index in [9.17, 15) is 26.4 Å². The van der Waals surface area contributed by atoms with Gasteiger partial charge in [-0.1, -0.05) is 56.9 Å². The van der Waals surface area contributed by atoms with Crippen LogP contribution in [0.25, 0.3) is 33.3 Å². The SMILES string of the molecule is C[C@H]1C[C@@H](c2nc3ccc(-c4ccc(-c5ccc(OS(=O)(=O)C(F)(F)F)c6c5CC5(CCCC5)C6)c5c4CC4(CCCC4)C5)cc3[nH]2)N(C(=O)OC(C)(C)C)C1. The third-order valence-corrected chi connectivity index (χ3v) is 14.4. The summed E-state index contributed by atoms with van der Waals surface area (Å²) in [4.78, 5) is 23.5. The van der Waals surface area contributed by atoms with Crippen LogP contribution in [0.3, 0.4) is 0 Å². The monoisotopic (exact) mass is 789 g/mol. The van der Waals surface area contributed by atoms with Crippen molar-refractivity contribution in [2.75, 3.05) is 6.54 Å². The van der Waals surface area contributed by atoms with Crippen LogP contribution in [0.2, 0.25) is 0 Å². The molecular formula is C44H50F3N3O5S. The highest BCUT2D eigenvalue weighted by Crippen LogP contribution is 2.57. The van der Waals surface area contributed by atoms with Crippen molar-refractivity contribution in [1.29, 1.82) is 0 Å². The van der Waals surface area contributed by atoms with Crippen LogP contribution in [-0.4, -0.2) is 47.0 Å². The molecule has 1 amide bonds. The van der Waals surface area contributed by atoms with Crippen LogP contribution < -0.4 is 4.18 Å². The summed E-state index contributed by atoms with van der Waals surface area (Å²) in [7, 11) is -5.81. The number of likely N-dealkylation sites (tertiary alicyclic amines) is 1. The Morgan fingerprint density at radius 1 is 0.821 bits per heavy atom. The van der Waals surface area contributed by atoms with Gasteiger partial charge in [-0.3, -0.25) is 4.90 Å². The summed E-state index contributed by atoms with van der Waals surface area (Å²) in [5.74, 6) is 0.864. The molecule has 3 aromatic carbocycles. The number of halogens is 3. The molecule has 8 nitrogen and oxygen atoms in total. The van der Waals surface area contributed by atoms with Gasteiger partial charge < -0.3 is 13.9 Å². The molecule has 298 valence electrons. The maximum Gasteiger partial charge on any atom is 0.534 e. The molecule has 1 aromatic heterocycles. The number of nitrogens with zero attached hydrogens (tertiary/aromatic N) is 2. The van der Waals surface area contributed by atoms with E-state index >= 15 is 0 Å². The number of ether oxygens (including phenoxy) is 1. The second kappa shape index (κ2) is 13.0. The van der Waals surface area contributed by atoms with Crippen molar-refractivity contribution in [2.45, 2.75) is 128 Å². The molecule has 56 heavy (non-hydrogen) atoms. The van der Waals surface area contributed by atoms with Gasteiger partial charge in [0.05, 0.1) is 17.1 Å². The van der Waals surface area contributed by atoms with E-state index in [0.29, 0.717) is 30.9 Å². The first kappa shape index (κ1) is 37.5. The number of hydrogen-bond donors (Lipinski definition) is 1. The number of fused-ring (bicyclic) bond motifs is 3. The Labute approximate surface area is 326 Å². The number of H-pyrrole nitrogens is 1. The van der Waals surface area contributed by atoms with Crippen LogP contribution in [0.15, 0.2) is 42.5 Å². The molecule has 1 N–H and O–H groups in total. The molecule has 4 aliphatic carbocycles. The molecule has 2 atom stereocenters. The van der Waals surface area contributed by atoms with Gasteiger partial charge in [0.2, 0.25) is 0 Å². The maximum absolute atomic E-state index is 13.5. The summed E-state index contributed by atoms with van der Waals surface area (Å²) in [5, 5.41) is 0. The molecule has 2 spiro atoms. The van der Waals surface area contributed by atoms with Crippen LogP contribution in [0.5, 0.6) is 5.75 Å². The molecule has 5 aliphatic rings. The highest BCUT2D eigenvalue weighted by Gasteiger charge is 2.50. The lowest BCUT2D eigenvalue weighted by Crippen LogP contribution is -2.37. The number of alkyl halides is 3. The van der Waals surface area contributed by atoms with Crippen LogP contribution >= 0.6 is 0 Å². The van der Waals surface area contributed by atoms with Gasteiger partial charge in [0.1, 0.15) is 17.2 Å². The van der Waals surface area contributed by atoms with E-state index in [4.69, 9.17) is 13.9 Å². The zero-order chi connectivity index (χ0) is 39.4. The number of carbonyl (C=O) groups excluding carboxylic acids is 1. The summed E-state index contributed by atoms with van der Waals surface area (Å²) in [6.07, 6.45) is 12.3. The Balaban J connectivity index is 1.11. The minimum Gasteiger partial charge on any atom is -0.444 e. The minimum atomic E-state index is -5.81. The van der Waals surface area contributed by atoms with Crippen molar-refractivity contribution in [3.8, 4) is 28.0 Å². The molecule has 0 bridgehead atoms. The Morgan fingerprint density at radius 2 is 1.38 bits per heavy atom. The van der Waals surface area contributed by atoms with Crippen molar-refractivity contribution < 1.29 is 35.3 Å². The van der Waals surface area contributed by atoms with Crippen molar-refractivity contribution >= 4 is 27.2 Å². The van der Waals surface area contributed by atoms with E-state index in [2.05, 4.69) is 36.2 Å². The predicted molar refractivity (Wildman–Crippen MR) is 209 cm³/mol. The maximum atomic E-state index is 13.5. The summed E-state index contributed by atoms with van der Waals surface area (Å²) < 4.78 is 75.6. The topological polar surface area (TPSA) is 102 Å². The van der Waals surface area contributed by atoms with Crippen molar-refractivity contribution in [2.24, 2.45) is 16.7 Å². The predicted octanol–water partition coefficient (Wildman–Crippen LogP) is 10.8. The molecule has 3 fully saturated rings. The third-order valence-electron chi connectivity index (χ3n) is 13.4. The van der Waals surface area contributed by atoms with Crippen molar-refractivity contribution in [3.05, 3.63) is 70.5 Å². The number of carbonyl (C=O) groups is 1. The second-order valence-corrected chi connectivity index (χ2v) is 20.2. The molecule has 2 heterocycles. The normalized spacial score (nSPS) is 22.7. The van der Waals surface area contributed by atoms with Gasteiger partial charge in [-0.15, -0.1) is 0 Å². The van der Waals surface area contributed by atoms with E-state index in [1.54, 1.807) is 11.0 Å². The number of amides is 1. The highest BCUT2D eigenvalue weighted by molar-refractivity contribution is 7.88. The van der Waals surface area contributed by atoms with Crippen LogP contribution in [-0.2, 0) is 40.5 Å². The highest BCUT2D eigenvalue weighted by atomic mass is 32.2. The Kier molecular flexibility index (Phi) is 8.69. The second-order valence-electron chi connectivity index (χ2n) is 18.6. The van der Waals surface area contributed by atoms with Crippen LogP contribution in [0.4, 0.5) is 18.0 Å². The van der Waals surface area contributed by atoms with Gasteiger partial charge in [-0.2, -0.15) is 21.6 Å². The lowest BCUT2D eigenvalue weighted by Gasteiger charge is -2.27. The number of rotatable bonds is 5. The first-order valence-electron chi connectivity index (χ1n) is 20.2. The van der Waals surface area contributed by atoms with Gasteiger partial charge in [-0.05, 0) is 152 Å². The molecule has 0 radical (unpaired) electrons. The fourth-order valence-electron chi connectivity index (χ4n) is 10.9. The van der Waals surface area contributed by atoms with Gasteiger partial charge in [0.25, 0.3) is 0 Å². The molecule has 9 rings (SSSR count). The molecule has 0 unspecified atom stereocenters. The molecule has 1 saturated heterocycles. The van der Waals surface area contributed by atoms with Crippen LogP contribution in [0.1, 0.15) is 120 Å². The number of benzene rings is 3. The fraction of sp³-hybridized carbons (Fsp3) is 0.545. The molecule has 1 aliphatic heterocycles. The fourth-order valence-corrected chi connectivity index (χ4v) is 11.4. The Bertz CT molecular complexity index is 2350. The number of aromatic nitrogens is 2. The lowest BCUT2D eigenvalue weighted by atomic mass is 9.82. The van der Waals surface area contributed by atoms with E-state index < -0.39 is 21.2 Å². The van der Waals surface area contributed by atoms with Gasteiger partial charge in [0, 0.05) is 12.1 Å². The number of nitrogens with one attached hydrogen (secondary N) is 1. The summed E-state index contributed by atoms with van der Waals surface area (Å²) >= 11 is 0. The van der Waals surface area contributed by atoms with Crippen LogP contribution in [0, 0.1) is 16.7 Å². The van der Waals surface area contributed by atoms with E-state index in [-0.39, 0.29) is 28.7 Å². The molecular weight excluding hydrogens is 740 g/mol. The lowest BCUT2D eigenvalue weighted by molar-refractivity contribution is -0.0500. The number of imidazole rings is 1. The van der Waals surface area contributed by atoms with Crippen molar-refractivity contribution in [3.63, 3.8) is 0 Å². The first-order valence-corrected chi connectivity index (χ1v) is 21.6. The molecule has 12 heteroatoms.